The Morgan fingerprint density at radius 2 is 1.78 bits per heavy atom. The Morgan fingerprint density at radius 3 is 2.56 bits per heavy atom. The predicted octanol–water partition coefficient (Wildman–Crippen LogP) is 4.45. The summed E-state index contributed by atoms with van der Waals surface area (Å²) >= 11 is 0. The molecule has 1 amide bonds. The molecule has 2 fully saturated rings. The third-order valence-electron chi connectivity index (χ3n) is 6.50. The molecule has 0 spiro atoms. The number of nitrogens with one attached hydrogen (secondary N) is 1. The molecule has 1 N–H and O–H groups in total. The summed E-state index contributed by atoms with van der Waals surface area (Å²) in [4.78, 5) is 17.1. The standard InChI is InChI=1S/C25H30F3N3O/c26-25(27,28)21-8-4-7-20(15-21)16-29-13-11-22-9-10-24(32)31(22)23-12-14-30(18-23)17-19-5-2-1-3-6-19/h1-8,15,22-23,29H,9-14,16-18H2/t22-,23+/m0/s1. The van der Waals surface area contributed by atoms with Gasteiger partial charge in [0.1, 0.15) is 0 Å². The first-order valence-corrected chi connectivity index (χ1v) is 11.3. The van der Waals surface area contributed by atoms with Gasteiger partial charge in [0.05, 0.1) is 5.56 Å². The molecule has 32 heavy (non-hydrogen) atoms. The van der Waals surface area contributed by atoms with E-state index >= 15 is 0 Å². The van der Waals surface area contributed by atoms with E-state index in [1.807, 2.05) is 6.07 Å². The fraction of sp³-hybridized carbons (Fsp3) is 0.480. The molecule has 0 saturated carbocycles. The van der Waals surface area contributed by atoms with Crippen LogP contribution in [-0.2, 0) is 24.1 Å². The minimum atomic E-state index is -4.32. The molecule has 0 unspecified atom stereocenters. The zero-order chi connectivity index (χ0) is 22.6. The van der Waals surface area contributed by atoms with Crippen LogP contribution in [0.25, 0.3) is 0 Å². The molecule has 0 aromatic heterocycles. The molecule has 0 aliphatic carbocycles. The van der Waals surface area contributed by atoms with Gasteiger partial charge in [-0.2, -0.15) is 13.2 Å². The van der Waals surface area contributed by atoms with Crippen molar-refractivity contribution in [2.24, 2.45) is 0 Å². The number of halogens is 3. The van der Waals surface area contributed by atoms with E-state index in [1.54, 1.807) is 6.07 Å². The van der Waals surface area contributed by atoms with Crippen LogP contribution in [0.15, 0.2) is 54.6 Å². The van der Waals surface area contributed by atoms with Crippen molar-refractivity contribution in [2.45, 2.75) is 57.0 Å². The summed E-state index contributed by atoms with van der Waals surface area (Å²) in [6, 6.07) is 16.3. The maximum Gasteiger partial charge on any atom is 0.416 e. The maximum atomic E-state index is 12.9. The Labute approximate surface area is 187 Å². The molecule has 2 aliphatic heterocycles. The van der Waals surface area contributed by atoms with Gasteiger partial charge in [0.25, 0.3) is 0 Å². The number of likely N-dealkylation sites (tertiary alicyclic amines) is 2. The third kappa shape index (κ3) is 5.70. The second-order valence-corrected chi connectivity index (χ2v) is 8.82. The fourth-order valence-electron chi connectivity index (χ4n) is 4.93. The van der Waals surface area contributed by atoms with E-state index in [4.69, 9.17) is 0 Å². The van der Waals surface area contributed by atoms with Gasteiger partial charge in [0.2, 0.25) is 5.91 Å². The van der Waals surface area contributed by atoms with Crippen LogP contribution in [0.1, 0.15) is 42.4 Å². The normalized spacial score (nSPS) is 22.1. The highest BCUT2D eigenvalue weighted by atomic mass is 19.4. The average molecular weight is 446 g/mol. The molecule has 2 aliphatic rings. The molecule has 0 bridgehead atoms. The first-order valence-electron chi connectivity index (χ1n) is 11.3. The van der Waals surface area contributed by atoms with Crippen molar-refractivity contribution in [3.8, 4) is 0 Å². The molecule has 2 saturated heterocycles. The lowest BCUT2D eigenvalue weighted by molar-refractivity contribution is -0.137. The van der Waals surface area contributed by atoms with Gasteiger partial charge in [-0.3, -0.25) is 9.69 Å². The Bertz CT molecular complexity index is 903. The molecule has 0 radical (unpaired) electrons. The van der Waals surface area contributed by atoms with Crippen molar-refractivity contribution in [1.29, 1.82) is 0 Å². The Morgan fingerprint density at radius 1 is 1.00 bits per heavy atom. The number of alkyl halides is 3. The lowest BCUT2D eigenvalue weighted by Crippen LogP contribution is -2.44. The van der Waals surface area contributed by atoms with Gasteiger partial charge >= 0.3 is 6.18 Å². The quantitative estimate of drug-likeness (QED) is 0.610. The van der Waals surface area contributed by atoms with Gasteiger partial charge in [-0.05, 0) is 43.0 Å². The van der Waals surface area contributed by atoms with Crippen LogP contribution in [-0.4, -0.2) is 47.4 Å². The highest BCUT2D eigenvalue weighted by molar-refractivity contribution is 5.79. The first kappa shape index (κ1) is 22.8. The number of rotatable bonds is 8. The largest absolute Gasteiger partial charge is 0.416 e. The zero-order valence-corrected chi connectivity index (χ0v) is 18.2. The Kier molecular flexibility index (Phi) is 7.16. The highest BCUT2D eigenvalue weighted by Crippen LogP contribution is 2.30. The van der Waals surface area contributed by atoms with Crippen LogP contribution in [0.2, 0.25) is 0 Å². The van der Waals surface area contributed by atoms with Crippen LogP contribution in [0, 0.1) is 0 Å². The van der Waals surface area contributed by atoms with Crippen molar-refractivity contribution in [3.05, 3.63) is 71.3 Å². The molecule has 2 atom stereocenters. The molecule has 2 aromatic rings. The average Bonchev–Trinajstić information content (AvgIpc) is 3.37. The topological polar surface area (TPSA) is 35.6 Å². The highest BCUT2D eigenvalue weighted by Gasteiger charge is 2.38. The molecule has 2 aromatic carbocycles. The van der Waals surface area contributed by atoms with E-state index < -0.39 is 11.7 Å². The second-order valence-electron chi connectivity index (χ2n) is 8.82. The van der Waals surface area contributed by atoms with Crippen LogP contribution in [0.5, 0.6) is 0 Å². The fourth-order valence-corrected chi connectivity index (χ4v) is 4.93. The molecule has 4 nitrogen and oxygen atoms in total. The molecule has 172 valence electrons. The summed E-state index contributed by atoms with van der Waals surface area (Å²) in [5, 5.41) is 3.26. The summed E-state index contributed by atoms with van der Waals surface area (Å²) in [5.41, 5.74) is 1.29. The number of nitrogens with zero attached hydrogens (tertiary/aromatic N) is 2. The van der Waals surface area contributed by atoms with E-state index in [9.17, 15) is 18.0 Å². The molecular formula is C25H30F3N3O. The van der Waals surface area contributed by atoms with E-state index in [2.05, 4.69) is 39.4 Å². The van der Waals surface area contributed by atoms with E-state index in [-0.39, 0.29) is 18.0 Å². The van der Waals surface area contributed by atoms with Gasteiger partial charge in [-0.15, -0.1) is 0 Å². The van der Waals surface area contributed by atoms with Crippen molar-refractivity contribution >= 4 is 5.91 Å². The van der Waals surface area contributed by atoms with E-state index in [1.165, 1.54) is 17.7 Å². The van der Waals surface area contributed by atoms with Gasteiger partial charge < -0.3 is 10.2 Å². The van der Waals surface area contributed by atoms with Crippen LogP contribution in [0.4, 0.5) is 13.2 Å². The van der Waals surface area contributed by atoms with E-state index in [0.29, 0.717) is 25.1 Å². The molecule has 4 rings (SSSR count). The summed E-state index contributed by atoms with van der Waals surface area (Å²) in [7, 11) is 0. The second kappa shape index (κ2) is 10.0. The van der Waals surface area contributed by atoms with Gasteiger partial charge in [-0.25, -0.2) is 0 Å². The summed E-state index contributed by atoms with van der Waals surface area (Å²) < 4.78 is 38.6. The number of hydrogen-bond donors (Lipinski definition) is 1. The van der Waals surface area contributed by atoms with Gasteiger partial charge in [0.15, 0.2) is 0 Å². The summed E-state index contributed by atoms with van der Waals surface area (Å²) in [6.45, 7) is 3.85. The monoisotopic (exact) mass is 445 g/mol. The Hall–Kier alpha value is -2.38. The number of carbonyl (C=O) groups is 1. The van der Waals surface area contributed by atoms with Crippen molar-refractivity contribution in [1.82, 2.24) is 15.1 Å². The SMILES string of the molecule is O=C1CC[C@@H](CCNCc2cccc(C(F)(F)F)c2)N1[C@@H]1CCN(Cc2ccccc2)C1. The number of amides is 1. The van der Waals surface area contributed by atoms with Crippen LogP contribution in [0.3, 0.4) is 0 Å². The molecule has 2 heterocycles. The van der Waals surface area contributed by atoms with Crippen molar-refractivity contribution < 1.29 is 18.0 Å². The minimum Gasteiger partial charge on any atom is -0.335 e. The summed E-state index contributed by atoms with van der Waals surface area (Å²) in [6.07, 6.45) is -1.06. The smallest absolute Gasteiger partial charge is 0.335 e. The third-order valence-corrected chi connectivity index (χ3v) is 6.50. The minimum absolute atomic E-state index is 0.207. The number of carbonyl (C=O) groups excluding carboxylic acids is 1. The lowest BCUT2D eigenvalue weighted by Gasteiger charge is -2.31. The van der Waals surface area contributed by atoms with Gasteiger partial charge in [-0.1, -0.05) is 48.5 Å². The first-order chi connectivity index (χ1) is 15.4. The van der Waals surface area contributed by atoms with E-state index in [0.717, 1.165) is 45.0 Å². The number of hydrogen-bond acceptors (Lipinski definition) is 3. The van der Waals surface area contributed by atoms with Crippen molar-refractivity contribution in [2.75, 3.05) is 19.6 Å². The maximum absolute atomic E-state index is 12.9. The Balaban J connectivity index is 1.26. The van der Waals surface area contributed by atoms with Gasteiger partial charge in [0, 0.05) is 44.7 Å². The number of benzene rings is 2. The summed E-state index contributed by atoms with van der Waals surface area (Å²) in [5.74, 6) is 0.236. The molecular weight excluding hydrogens is 415 g/mol. The molecule has 7 heteroatoms. The van der Waals surface area contributed by atoms with Crippen LogP contribution < -0.4 is 5.32 Å². The predicted molar refractivity (Wildman–Crippen MR) is 118 cm³/mol. The van der Waals surface area contributed by atoms with Crippen molar-refractivity contribution in [3.63, 3.8) is 0 Å². The zero-order valence-electron chi connectivity index (χ0n) is 18.2. The lowest BCUT2D eigenvalue weighted by atomic mass is 10.1. The van der Waals surface area contributed by atoms with Crippen LogP contribution >= 0.6 is 0 Å².